The summed E-state index contributed by atoms with van der Waals surface area (Å²) in [6, 6.07) is 16.8. The molecule has 2 aromatic carbocycles. The van der Waals surface area contributed by atoms with Crippen LogP contribution in [0, 0.1) is 3.57 Å². The number of halogens is 1. The summed E-state index contributed by atoms with van der Waals surface area (Å²) in [5, 5.41) is 2.70. The molecular formula is C18H18INO3. The Morgan fingerprint density at radius 2 is 1.74 bits per heavy atom. The average Bonchev–Trinajstić information content (AvgIpc) is 2.57. The molecule has 5 heteroatoms. The minimum absolute atomic E-state index is 0.284. The van der Waals surface area contributed by atoms with Crippen molar-refractivity contribution < 1.29 is 14.3 Å². The minimum atomic E-state index is -0.378. The van der Waals surface area contributed by atoms with Crippen LogP contribution in [0.1, 0.15) is 24.8 Å². The number of amides is 1. The summed E-state index contributed by atoms with van der Waals surface area (Å²) in [5.41, 5.74) is 1.58. The molecule has 0 fully saturated rings. The second-order valence-electron chi connectivity index (χ2n) is 5.03. The van der Waals surface area contributed by atoms with Gasteiger partial charge in [-0.3, -0.25) is 9.59 Å². The number of ether oxygens (including phenoxy) is 1. The molecule has 23 heavy (non-hydrogen) atoms. The summed E-state index contributed by atoms with van der Waals surface area (Å²) in [7, 11) is 0. The van der Waals surface area contributed by atoms with Gasteiger partial charge in [-0.2, -0.15) is 0 Å². The molecule has 0 saturated heterocycles. The molecule has 0 aliphatic heterocycles. The van der Waals surface area contributed by atoms with E-state index in [0.29, 0.717) is 12.1 Å². The average molecular weight is 423 g/mol. The molecule has 2 aromatic rings. The van der Waals surface area contributed by atoms with E-state index in [-0.39, 0.29) is 24.4 Å². The molecule has 1 N–H and O–H groups in total. The SMILES string of the molecule is CCC(C(=O)OCC(=O)Nc1ccc(I)cc1)c1ccccc1. The zero-order valence-corrected chi connectivity index (χ0v) is 14.9. The van der Waals surface area contributed by atoms with E-state index in [1.165, 1.54) is 0 Å². The summed E-state index contributed by atoms with van der Waals surface area (Å²) >= 11 is 2.19. The van der Waals surface area contributed by atoms with Crippen molar-refractivity contribution in [3.63, 3.8) is 0 Å². The van der Waals surface area contributed by atoms with Crippen LogP contribution in [0.5, 0.6) is 0 Å². The van der Waals surface area contributed by atoms with E-state index in [1.807, 2.05) is 49.4 Å². The van der Waals surface area contributed by atoms with Gasteiger partial charge in [-0.15, -0.1) is 0 Å². The zero-order chi connectivity index (χ0) is 16.7. The van der Waals surface area contributed by atoms with Crippen LogP contribution in [0.25, 0.3) is 0 Å². The number of esters is 1. The van der Waals surface area contributed by atoms with Crippen LogP contribution >= 0.6 is 22.6 Å². The highest BCUT2D eigenvalue weighted by Crippen LogP contribution is 2.20. The first kappa shape index (κ1) is 17.5. The smallest absolute Gasteiger partial charge is 0.313 e. The van der Waals surface area contributed by atoms with Crippen molar-refractivity contribution >= 4 is 40.2 Å². The van der Waals surface area contributed by atoms with Crippen molar-refractivity contribution in [1.82, 2.24) is 0 Å². The summed E-state index contributed by atoms with van der Waals surface area (Å²) in [4.78, 5) is 24.0. The van der Waals surface area contributed by atoms with Gasteiger partial charge in [0.25, 0.3) is 5.91 Å². The van der Waals surface area contributed by atoms with E-state index in [9.17, 15) is 9.59 Å². The summed E-state index contributed by atoms with van der Waals surface area (Å²) in [6.07, 6.45) is 0.627. The Bertz CT molecular complexity index is 656. The maximum Gasteiger partial charge on any atom is 0.313 e. The zero-order valence-electron chi connectivity index (χ0n) is 12.8. The van der Waals surface area contributed by atoms with E-state index in [1.54, 1.807) is 12.1 Å². The quantitative estimate of drug-likeness (QED) is 0.565. The van der Waals surface area contributed by atoms with Crippen LogP contribution in [-0.2, 0) is 14.3 Å². The van der Waals surface area contributed by atoms with E-state index >= 15 is 0 Å². The fraction of sp³-hybridized carbons (Fsp3) is 0.222. The Morgan fingerprint density at radius 1 is 1.09 bits per heavy atom. The number of hydrogen-bond acceptors (Lipinski definition) is 3. The first-order valence-corrected chi connectivity index (χ1v) is 8.45. The molecular weight excluding hydrogens is 405 g/mol. The maximum absolute atomic E-state index is 12.2. The van der Waals surface area contributed by atoms with Gasteiger partial charge in [-0.1, -0.05) is 37.3 Å². The van der Waals surface area contributed by atoms with E-state index in [0.717, 1.165) is 9.13 Å². The highest BCUT2D eigenvalue weighted by molar-refractivity contribution is 14.1. The van der Waals surface area contributed by atoms with Crippen LogP contribution in [0.2, 0.25) is 0 Å². The molecule has 0 aliphatic carbocycles. The van der Waals surface area contributed by atoms with Crippen LogP contribution in [-0.4, -0.2) is 18.5 Å². The molecule has 4 nitrogen and oxygen atoms in total. The molecule has 0 aliphatic rings. The Hall–Kier alpha value is -1.89. The van der Waals surface area contributed by atoms with Gasteiger partial charge < -0.3 is 10.1 Å². The van der Waals surface area contributed by atoms with Gasteiger partial charge in [0.15, 0.2) is 6.61 Å². The van der Waals surface area contributed by atoms with Crippen molar-refractivity contribution in [2.24, 2.45) is 0 Å². The van der Waals surface area contributed by atoms with Gasteiger partial charge in [0.1, 0.15) is 0 Å². The lowest BCUT2D eigenvalue weighted by Crippen LogP contribution is -2.23. The fourth-order valence-corrected chi connectivity index (χ4v) is 2.55. The Balaban J connectivity index is 1.87. The fourth-order valence-electron chi connectivity index (χ4n) is 2.19. The predicted octanol–water partition coefficient (Wildman–Crippen LogP) is 3.97. The molecule has 0 heterocycles. The summed E-state index contributed by atoms with van der Waals surface area (Å²) < 4.78 is 6.24. The second-order valence-corrected chi connectivity index (χ2v) is 6.28. The molecule has 0 aromatic heterocycles. The lowest BCUT2D eigenvalue weighted by Gasteiger charge is -2.14. The highest BCUT2D eigenvalue weighted by atomic mass is 127. The molecule has 120 valence electrons. The number of carbonyl (C=O) groups excluding carboxylic acids is 2. The number of carbonyl (C=O) groups is 2. The standard InChI is InChI=1S/C18H18INO3/c1-2-16(13-6-4-3-5-7-13)18(22)23-12-17(21)20-15-10-8-14(19)9-11-15/h3-11,16H,2,12H2,1H3,(H,20,21). The lowest BCUT2D eigenvalue weighted by atomic mass is 9.97. The van der Waals surface area contributed by atoms with Crippen LogP contribution in [0.15, 0.2) is 54.6 Å². The third-order valence-corrected chi connectivity index (χ3v) is 4.09. The van der Waals surface area contributed by atoms with Crippen molar-refractivity contribution in [3.8, 4) is 0 Å². The van der Waals surface area contributed by atoms with Crippen LogP contribution in [0.4, 0.5) is 5.69 Å². The van der Waals surface area contributed by atoms with Crippen molar-refractivity contribution in [1.29, 1.82) is 0 Å². The molecule has 0 bridgehead atoms. The Kier molecular flexibility index (Phi) is 6.58. The molecule has 0 radical (unpaired) electrons. The van der Waals surface area contributed by atoms with Gasteiger partial charge in [0, 0.05) is 9.26 Å². The summed E-state index contributed by atoms with van der Waals surface area (Å²) in [5.74, 6) is -1.07. The van der Waals surface area contributed by atoms with Gasteiger partial charge >= 0.3 is 5.97 Å². The Labute approximate surface area is 149 Å². The van der Waals surface area contributed by atoms with Crippen molar-refractivity contribution in [2.45, 2.75) is 19.3 Å². The molecule has 0 spiro atoms. The topological polar surface area (TPSA) is 55.4 Å². The Morgan fingerprint density at radius 3 is 2.35 bits per heavy atom. The molecule has 2 rings (SSSR count). The monoisotopic (exact) mass is 423 g/mol. The minimum Gasteiger partial charge on any atom is -0.455 e. The first-order valence-electron chi connectivity index (χ1n) is 7.37. The van der Waals surface area contributed by atoms with Crippen molar-refractivity contribution in [3.05, 3.63) is 63.7 Å². The van der Waals surface area contributed by atoms with E-state index in [4.69, 9.17) is 4.74 Å². The lowest BCUT2D eigenvalue weighted by molar-refractivity contribution is -0.149. The molecule has 1 unspecified atom stereocenters. The van der Waals surface area contributed by atoms with Crippen LogP contribution in [0.3, 0.4) is 0 Å². The number of hydrogen-bond donors (Lipinski definition) is 1. The number of anilines is 1. The molecule has 1 atom stereocenters. The predicted molar refractivity (Wildman–Crippen MR) is 98.2 cm³/mol. The van der Waals surface area contributed by atoms with E-state index < -0.39 is 0 Å². The highest BCUT2D eigenvalue weighted by Gasteiger charge is 2.20. The maximum atomic E-state index is 12.2. The second kappa shape index (κ2) is 8.67. The molecule has 1 amide bonds. The normalized spacial score (nSPS) is 11.6. The van der Waals surface area contributed by atoms with Gasteiger partial charge in [-0.05, 0) is 58.8 Å². The van der Waals surface area contributed by atoms with Crippen molar-refractivity contribution in [2.75, 3.05) is 11.9 Å². The largest absolute Gasteiger partial charge is 0.455 e. The first-order chi connectivity index (χ1) is 11.1. The van der Waals surface area contributed by atoms with Gasteiger partial charge in [0.05, 0.1) is 5.92 Å². The number of rotatable bonds is 6. The number of nitrogens with one attached hydrogen (secondary N) is 1. The van der Waals surface area contributed by atoms with Crippen LogP contribution < -0.4 is 5.32 Å². The molecule has 0 saturated carbocycles. The third-order valence-electron chi connectivity index (χ3n) is 3.37. The van der Waals surface area contributed by atoms with Gasteiger partial charge in [0.2, 0.25) is 0 Å². The number of benzene rings is 2. The van der Waals surface area contributed by atoms with E-state index in [2.05, 4.69) is 27.9 Å². The van der Waals surface area contributed by atoms with Gasteiger partial charge in [-0.25, -0.2) is 0 Å². The summed E-state index contributed by atoms with van der Waals surface area (Å²) in [6.45, 7) is 1.64. The third kappa shape index (κ3) is 5.35.